The fourth-order valence-corrected chi connectivity index (χ4v) is 2.93. The highest BCUT2D eigenvalue weighted by atomic mass is 15.2. The van der Waals surface area contributed by atoms with E-state index in [0.29, 0.717) is 6.04 Å². The van der Waals surface area contributed by atoms with Crippen molar-refractivity contribution in [2.24, 2.45) is 0 Å². The van der Waals surface area contributed by atoms with Gasteiger partial charge in [0.15, 0.2) is 0 Å². The summed E-state index contributed by atoms with van der Waals surface area (Å²) in [6, 6.07) is 6.60. The molecule has 0 unspecified atom stereocenters. The second kappa shape index (κ2) is 6.08. The van der Waals surface area contributed by atoms with Gasteiger partial charge in [0.1, 0.15) is 11.6 Å². The van der Waals surface area contributed by atoms with E-state index in [9.17, 15) is 0 Å². The van der Waals surface area contributed by atoms with Crippen LogP contribution in [0.5, 0.6) is 0 Å². The fourth-order valence-electron chi connectivity index (χ4n) is 2.93. The first kappa shape index (κ1) is 13.8. The monoisotopic (exact) mass is 283 g/mol. The highest BCUT2D eigenvalue weighted by Crippen LogP contribution is 2.24. The molecule has 0 saturated carbocycles. The van der Waals surface area contributed by atoms with Crippen LogP contribution in [-0.2, 0) is 0 Å². The Morgan fingerprint density at radius 1 is 1.05 bits per heavy atom. The molecule has 2 aromatic rings. The summed E-state index contributed by atoms with van der Waals surface area (Å²) in [6.45, 7) is 4.05. The molecule has 110 valence electrons. The van der Waals surface area contributed by atoms with Crippen molar-refractivity contribution in [2.45, 2.75) is 25.8 Å². The van der Waals surface area contributed by atoms with Crippen LogP contribution in [-0.4, -0.2) is 41.1 Å². The third-order valence-corrected chi connectivity index (χ3v) is 4.18. The molecule has 0 amide bonds. The molecule has 1 fully saturated rings. The van der Waals surface area contributed by atoms with Gasteiger partial charge in [0.05, 0.1) is 5.69 Å². The van der Waals surface area contributed by atoms with Gasteiger partial charge in [-0.2, -0.15) is 0 Å². The molecule has 5 heteroatoms. The van der Waals surface area contributed by atoms with E-state index in [-0.39, 0.29) is 0 Å². The number of nitrogens with zero attached hydrogens (tertiary/aromatic N) is 5. The van der Waals surface area contributed by atoms with E-state index in [1.807, 2.05) is 25.3 Å². The maximum atomic E-state index is 4.47. The van der Waals surface area contributed by atoms with Crippen molar-refractivity contribution >= 4 is 11.6 Å². The van der Waals surface area contributed by atoms with E-state index in [1.165, 1.54) is 0 Å². The van der Waals surface area contributed by atoms with Crippen LogP contribution in [0.15, 0.2) is 36.8 Å². The van der Waals surface area contributed by atoms with Crippen molar-refractivity contribution in [2.75, 3.05) is 29.9 Å². The molecule has 0 spiro atoms. The van der Waals surface area contributed by atoms with Gasteiger partial charge in [-0.25, -0.2) is 9.97 Å². The van der Waals surface area contributed by atoms with Crippen LogP contribution in [0.3, 0.4) is 0 Å². The van der Waals surface area contributed by atoms with Crippen LogP contribution in [0.1, 0.15) is 18.5 Å². The standard InChI is InChI=1S/C16H21N5/c1-13-16(19-10-9-17-13)21-11-6-14(7-12-21)20(2)15-5-3-4-8-18-15/h3-5,8-10,14H,6-7,11-12H2,1-2H3. The van der Waals surface area contributed by atoms with Gasteiger partial charge in [-0.15, -0.1) is 0 Å². The Labute approximate surface area is 125 Å². The van der Waals surface area contributed by atoms with Crippen molar-refractivity contribution in [1.82, 2.24) is 15.0 Å². The molecule has 0 atom stereocenters. The minimum atomic E-state index is 0.535. The minimum absolute atomic E-state index is 0.535. The van der Waals surface area contributed by atoms with E-state index >= 15 is 0 Å². The normalized spacial score (nSPS) is 16.0. The number of piperidine rings is 1. The number of aryl methyl sites for hydroxylation is 1. The highest BCUT2D eigenvalue weighted by Gasteiger charge is 2.24. The Bertz CT molecular complexity index is 578. The third kappa shape index (κ3) is 2.96. The molecule has 1 aliphatic rings. The lowest BCUT2D eigenvalue weighted by atomic mass is 10.0. The average Bonchev–Trinajstić information content (AvgIpc) is 2.56. The van der Waals surface area contributed by atoms with Gasteiger partial charge < -0.3 is 9.80 Å². The number of hydrogen-bond acceptors (Lipinski definition) is 5. The fraction of sp³-hybridized carbons (Fsp3) is 0.438. The number of anilines is 2. The van der Waals surface area contributed by atoms with Gasteiger partial charge in [0.25, 0.3) is 0 Å². The summed E-state index contributed by atoms with van der Waals surface area (Å²) in [5, 5.41) is 0. The minimum Gasteiger partial charge on any atom is -0.357 e. The van der Waals surface area contributed by atoms with Gasteiger partial charge in [0, 0.05) is 44.8 Å². The molecular formula is C16H21N5. The van der Waals surface area contributed by atoms with Gasteiger partial charge in [0.2, 0.25) is 0 Å². The van der Waals surface area contributed by atoms with Crippen molar-refractivity contribution in [3.05, 3.63) is 42.5 Å². The topological polar surface area (TPSA) is 45.2 Å². The summed E-state index contributed by atoms with van der Waals surface area (Å²) in [6.07, 6.45) is 7.60. The molecule has 2 aromatic heterocycles. The molecule has 0 aliphatic carbocycles. The maximum absolute atomic E-state index is 4.47. The van der Waals surface area contributed by atoms with Crippen LogP contribution in [0, 0.1) is 6.92 Å². The van der Waals surface area contributed by atoms with E-state index in [2.05, 4.69) is 37.9 Å². The van der Waals surface area contributed by atoms with E-state index in [4.69, 9.17) is 0 Å². The second-order valence-electron chi connectivity index (χ2n) is 5.48. The van der Waals surface area contributed by atoms with Gasteiger partial charge in [-0.1, -0.05) is 6.07 Å². The first-order valence-electron chi connectivity index (χ1n) is 7.42. The Morgan fingerprint density at radius 2 is 1.81 bits per heavy atom. The highest BCUT2D eigenvalue weighted by molar-refractivity contribution is 5.44. The number of pyridine rings is 1. The molecule has 3 rings (SSSR count). The zero-order chi connectivity index (χ0) is 14.7. The molecule has 0 aromatic carbocycles. The summed E-state index contributed by atoms with van der Waals surface area (Å²) >= 11 is 0. The summed E-state index contributed by atoms with van der Waals surface area (Å²) in [5.41, 5.74) is 1.01. The summed E-state index contributed by atoms with van der Waals surface area (Å²) in [5.74, 6) is 2.07. The number of rotatable bonds is 3. The first-order chi connectivity index (χ1) is 10.3. The average molecular weight is 283 g/mol. The van der Waals surface area contributed by atoms with Crippen LogP contribution in [0.25, 0.3) is 0 Å². The van der Waals surface area contributed by atoms with Crippen LogP contribution in [0.2, 0.25) is 0 Å². The second-order valence-corrected chi connectivity index (χ2v) is 5.48. The Balaban J connectivity index is 1.64. The van der Waals surface area contributed by atoms with Crippen LogP contribution < -0.4 is 9.80 Å². The molecule has 1 saturated heterocycles. The summed E-state index contributed by atoms with van der Waals surface area (Å²) < 4.78 is 0. The molecule has 0 radical (unpaired) electrons. The molecule has 0 bridgehead atoms. The predicted octanol–water partition coefficient (Wildman–Crippen LogP) is 2.29. The lowest BCUT2D eigenvalue weighted by molar-refractivity contribution is 0.477. The van der Waals surface area contributed by atoms with Crippen molar-refractivity contribution in [3.63, 3.8) is 0 Å². The third-order valence-electron chi connectivity index (χ3n) is 4.18. The molecular weight excluding hydrogens is 262 g/mol. The Kier molecular flexibility index (Phi) is 3.99. The molecule has 0 N–H and O–H groups in total. The SMILES string of the molecule is Cc1nccnc1N1CCC(N(C)c2ccccn2)CC1. The number of aromatic nitrogens is 3. The zero-order valence-electron chi connectivity index (χ0n) is 12.6. The van der Waals surface area contributed by atoms with Gasteiger partial charge >= 0.3 is 0 Å². The first-order valence-corrected chi connectivity index (χ1v) is 7.42. The van der Waals surface area contributed by atoms with E-state index in [1.54, 1.807) is 12.4 Å². The maximum Gasteiger partial charge on any atom is 0.150 e. The van der Waals surface area contributed by atoms with E-state index in [0.717, 1.165) is 43.3 Å². The zero-order valence-corrected chi connectivity index (χ0v) is 12.6. The molecule has 5 nitrogen and oxygen atoms in total. The quantitative estimate of drug-likeness (QED) is 0.865. The smallest absolute Gasteiger partial charge is 0.150 e. The molecule has 1 aliphatic heterocycles. The van der Waals surface area contributed by atoms with Crippen molar-refractivity contribution in [3.8, 4) is 0 Å². The molecule has 21 heavy (non-hydrogen) atoms. The van der Waals surface area contributed by atoms with Crippen LogP contribution in [0.4, 0.5) is 11.6 Å². The van der Waals surface area contributed by atoms with Crippen molar-refractivity contribution < 1.29 is 0 Å². The summed E-state index contributed by atoms with van der Waals surface area (Å²) in [7, 11) is 2.14. The number of hydrogen-bond donors (Lipinski definition) is 0. The predicted molar refractivity (Wildman–Crippen MR) is 84.6 cm³/mol. The van der Waals surface area contributed by atoms with Gasteiger partial charge in [-0.05, 0) is 31.9 Å². The van der Waals surface area contributed by atoms with Gasteiger partial charge in [-0.3, -0.25) is 4.98 Å². The summed E-state index contributed by atoms with van der Waals surface area (Å²) in [4.78, 5) is 17.9. The van der Waals surface area contributed by atoms with Crippen molar-refractivity contribution in [1.29, 1.82) is 0 Å². The Hall–Kier alpha value is -2.17. The van der Waals surface area contributed by atoms with E-state index < -0.39 is 0 Å². The Morgan fingerprint density at radius 3 is 2.48 bits per heavy atom. The lowest BCUT2D eigenvalue weighted by Gasteiger charge is -2.38. The molecule has 3 heterocycles. The lowest BCUT2D eigenvalue weighted by Crippen LogP contribution is -2.44. The van der Waals surface area contributed by atoms with Crippen LogP contribution >= 0.6 is 0 Å². The largest absolute Gasteiger partial charge is 0.357 e.